The molecule has 3 nitrogen and oxygen atoms in total. The van der Waals surface area contributed by atoms with Crippen LogP contribution >= 0.6 is 11.3 Å². The molecule has 0 aliphatic rings. The molecule has 2 rings (SSSR count). The van der Waals surface area contributed by atoms with E-state index in [1.807, 2.05) is 0 Å². The molecule has 1 heterocycles. The Morgan fingerprint density at radius 1 is 1.37 bits per heavy atom. The molecule has 1 aromatic carbocycles. The lowest BCUT2D eigenvalue weighted by Gasteiger charge is -2.25. The Morgan fingerprint density at radius 2 is 2.00 bits per heavy atom. The van der Waals surface area contributed by atoms with E-state index in [9.17, 15) is 18.0 Å². The van der Waals surface area contributed by atoms with Crippen molar-refractivity contribution in [1.29, 1.82) is 0 Å². The number of fused-ring (bicyclic) bond motifs is 1. The number of para-hydroxylation sites is 1. The SMILES string of the molecule is CC(N)(C(=O)Cc1nc2ccccc2s1)C(F)(F)F. The number of hydrogen-bond donors (Lipinski definition) is 1. The van der Waals surface area contributed by atoms with Gasteiger partial charge in [0.15, 0.2) is 11.3 Å². The fourth-order valence-corrected chi connectivity index (χ4v) is 2.44. The number of nitrogens with zero attached hydrogens (tertiary/aromatic N) is 1. The first-order valence-electron chi connectivity index (χ1n) is 5.45. The third-order valence-electron chi connectivity index (χ3n) is 2.82. The summed E-state index contributed by atoms with van der Waals surface area (Å²) in [7, 11) is 0. The molecule has 102 valence electrons. The lowest BCUT2D eigenvalue weighted by atomic mass is 9.95. The minimum atomic E-state index is -4.76. The Labute approximate surface area is 111 Å². The zero-order valence-corrected chi connectivity index (χ0v) is 10.8. The highest BCUT2D eigenvalue weighted by molar-refractivity contribution is 7.18. The quantitative estimate of drug-likeness (QED) is 0.944. The number of halogens is 3. The van der Waals surface area contributed by atoms with Gasteiger partial charge in [0.1, 0.15) is 5.01 Å². The van der Waals surface area contributed by atoms with Crippen LogP contribution in [0.2, 0.25) is 0 Å². The summed E-state index contributed by atoms with van der Waals surface area (Å²) in [4.78, 5) is 15.8. The van der Waals surface area contributed by atoms with Gasteiger partial charge in [0.05, 0.1) is 16.6 Å². The van der Waals surface area contributed by atoms with Crippen LogP contribution in [-0.4, -0.2) is 22.5 Å². The summed E-state index contributed by atoms with van der Waals surface area (Å²) in [6, 6.07) is 7.11. The first-order valence-corrected chi connectivity index (χ1v) is 6.27. The number of ketones is 1. The highest BCUT2D eigenvalue weighted by Gasteiger charge is 2.53. The molecule has 1 atom stereocenters. The first kappa shape index (κ1) is 14.0. The number of alkyl halides is 3. The minimum Gasteiger partial charge on any atom is -0.312 e. The fraction of sp³-hybridized carbons (Fsp3) is 0.333. The van der Waals surface area contributed by atoms with Crippen molar-refractivity contribution < 1.29 is 18.0 Å². The van der Waals surface area contributed by atoms with E-state index in [1.54, 1.807) is 24.3 Å². The van der Waals surface area contributed by atoms with Gasteiger partial charge in [-0.1, -0.05) is 12.1 Å². The minimum absolute atomic E-state index is 0.340. The molecular formula is C12H11F3N2OS. The predicted octanol–water partition coefficient (Wildman–Crippen LogP) is 2.69. The number of carbonyl (C=O) groups excluding carboxylic acids is 1. The van der Waals surface area contributed by atoms with Crippen molar-refractivity contribution in [2.45, 2.75) is 25.1 Å². The van der Waals surface area contributed by atoms with E-state index >= 15 is 0 Å². The zero-order chi connectivity index (χ0) is 14.3. The van der Waals surface area contributed by atoms with E-state index in [1.165, 1.54) is 11.3 Å². The molecule has 0 amide bonds. The van der Waals surface area contributed by atoms with Crippen LogP contribution in [0.1, 0.15) is 11.9 Å². The van der Waals surface area contributed by atoms with Crippen molar-refractivity contribution in [3.05, 3.63) is 29.3 Å². The fourth-order valence-electron chi connectivity index (χ4n) is 1.47. The monoisotopic (exact) mass is 288 g/mol. The van der Waals surface area contributed by atoms with E-state index in [4.69, 9.17) is 5.73 Å². The molecular weight excluding hydrogens is 277 g/mol. The van der Waals surface area contributed by atoms with E-state index in [-0.39, 0.29) is 0 Å². The van der Waals surface area contributed by atoms with Crippen LogP contribution < -0.4 is 5.73 Å². The van der Waals surface area contributed by atoms with Gasteiger partial charge in [0, 0.05) is 0 Å². The molecule has 0 aliphatic carbocycles. The number of carbonyl (C=O) groups is 1. The lowest BCUT2D eigenvalue weighted by Crippen LogP contribution is -2.57. The number of aromatic nitrogens is 1. The Kier molecular flexibility index (Phi) is 3.36. The number of rotatable bonds is 3. The standard InChI is InChI=1S/C12H11F3N2OS/c1-11(16,12(13,14)15)9(18)6-10-17-7-4-2-3-5-8(7)19-10/h2-5H,6,16H2,1H3. The Morgan fingerprint density at radius 3 is 2.58 bits per heavy atom. The van der Waals surface area contributed by atoms with Crippen molar-refractivity contribution >= 4 is 27.3 Å². The van der Waals surface area contributed by atoms with E-state index in [0.29, 0.717) is 17.4 Å². The van der Waals surface area contributed by atoms with Crippen LogP contribution in [0, 0.1) is 0 Å². The molecule has 7 heteroatoms. The molecule has 2 N–H and O–H groups in total. The van der Waals surface area contributed by atoms with E-state index in [2.05, 4.69) is 4.98 Å². The molecule has 0 saturated carbocycles. The second-order valence-electron chi connectivity index (χ2n) is 4.38. The van der Waals surface area contributed by atoms with E-state index in [0.717, 1.165) is 4.70 Å². The third-order valence-corrected chi connectivity index (χ3v) is 3.85. The topological polar surface area (TPSA) is 56.0 Å². The number of benzene rings is 1. The third kappa shape index (κ3) is 2.62. The zero-order valence-electron chi connectivity index (χ0n) is 9.99. The van der Waals surface area contributed by atoms with Crippen molar-refractivity contribution in [2.24, 2.45) is 5.73 Å². The maximum absolute atomic E-state index is 12.6. The average molecular weight is 288 g/mol. The summed E-state index contributed by atoms with van der Waals surface area (Å²) in [5.41, 5.74) is 2.91. The van der Waals surface area contributed by atoms with Crippen molar-refractivity contribution in [1.82, 2.24) is 4.98 Å². The van der Waals surface area contributed by atoms with Gasteiger partial charge in [0.2, 0.25) is 0 Å². The van der Waals surface area contributed by atoms with Crippen LogP contribution in [0.15, 0.2) is 24.3 Å². The first-order chi connectivity index (χ1) is 8.72. The van der Waals surface area contributed by atoms with Gasteiger partial charge in [-0.25, -0.2) is 4.98 Å². The average Bonchev–Trinajstić information content (AvgIpc) is 2.69. The second kappa shape index (κ2) is 4.57. The molecule has 0 aliphatic heterocycles. The molecule has 19 heavy (non-hydrogen) atoms. The van der Waals surface area contributed by atoms with Crippen LogP contribution in [0.3, 0.4) is 0 Å². The summed E-state index contributed by atoms with van der Waals surface area (Å²) in [5, 5.41) is 0.340. The van der Waals surface area contributed by atoms with Crippen LogP contribution in [0.5, 0.6) is 0 Å². The highest BCUT2D eigenvalue weighted by Crippen LogP contribution is 2.30. The van der Waals surface area contributed by atoms with Gasteiger partial charge in [-0.2, -0.15) is 13.2 Å². The molecule has 1 aromatic heterocycles. The summed E-state index contributed by atoms with van der Waals surface area (Å²) >= 11 is 1.20. The van der Waals surface area contributed by atoms with Gasteiger partial charge in [-0.15, -0.1) is 11.3 Å². The van der Waals surface area contributed by atoms with Gasteiger partial charge in [-0.3, -0.25) is 4.79 Å². The highest BCUT2D eigenvalue weighted by atomic mass is 32.1. The van der Waals surface area contributed by atoms with Crippen LogP contribution in [0.25, 0.3) is 10.2 Å². The lowest BCUT2D eigenvalue weighted by molar-refractivity contribution is -0.185. The maximum atomic E-state index is 12.6. The molecule has 0 radical (unpaired) electrons. The summed E-state index contributed by atoms with van der Waals surface area (Å²) in [5.74, 6) is -1.08. The summed E-state index contributed by atoms with van der Waals surface area (Å²) in [6.07, 6.45) is -5.17. The van der Waals surface area contributed by atoms with Gasteiger partial charge < -0.3 is 5.73 Å². The van der Waals surface area contributed by atoms with Crippen molar-refractivity contribution in [2.75, 3.05) is 0 Å². The molecule has 0 bridgehead atoms. The van der Waals surface area contributed by atoms with Crippen molar-refractivity contribution in [3.63, 3.8) is 0 Å². The molecule has 1 unspecified atom stereocenters. The molecule has 0 fully saturated rings. The summed E-state index contributed by atoms with van der Waals surface area (Å²) in [6.45, 7) is 0.683. The summed E-state index contributed by atoms with van der Waals surface area (Å²) < 4.78 is 38.7. The molecule has 0 saturated heterocycles. The normalized spacial score (nSPS) is 15.4. The molecule has 2 aromatic rings. The Bertz CT molecular complexity index is 586. The number of nitrogens with two attached hydrogens (primary N) is 1. The van der Waals surface area contributed by atoms with E-state index < -0.39 is 23.9 Å². The van der Waals surface area contributed by atoms with Gasteiger partial charge in [0.25, 0.3) is 0 Å². The van der Waals surface area contributed by atoms with Crippen LogP contribution in [-0.2, 0) is 11.2 Å². The second-order valence-corrected chi connectivity index (χ2v) is 5.49. The Balaban J connectivity index is 2.24. The predicted molar refractivity (Wildman–Crippen MR) is 67.0 cm³/mol. The van der Waals surface area contributed by atoms with Crippen LogP contribution in [0.4, 0.5) is 13.2 Å². The number of Topliss-reactive ketones (excluding diaryl/α,β-unsaturated/α-hetero) is 1. The largest absolute Gasteiger partial charge is 0.413 e. The number of hydrogen-bond acceptors (Lipinski definition) is 4. The Hall–Kier alpha value is -1.47. The van der Waals surface area contributed by atoms with Gasteiger partial charge in [-0.05, 0) is 19.1 Å². The van der Waals surface area contributed by atoms with Gasteiger partial charge >= 0.3 is 6.18 Å². The smallest absolute Gasteiger partial charge is 0.312 e. The molecule has 0 spiro atoms. The number of thiazole rings is 1. The van der Waals surface area contributed by atoms with Crippen molar-refractivity contribution in [3.8, 4) is 0 Å². The maximum Gasteiger partial charge on any atom is 0.413 e.